The fourth-order valence-electron chi connectivity index (χ4n) is 3.03. The molecule has 4 rings (SSSR count). The summed E-state index contributed by atoms with van der Waals surface area (Å²) in [6.07, 6.45) is 0.532. The normalized spacial score (nSPS) is 14.7. The lowest BCUT2D eigenvalue weighted by Gasteiger charge is -2.25. The van der Waals surface area contributed by atoms with Gasteiger partial charge < -0.3 is 4.74 Å². The molecule has 0 spiro atoms. The van der Waals surface area contributed by atoms with Crippen LogP contribution >= 0.6 is 11.3 Å². The Morgan fingerprint density at radius 2 is 2.00 bits per heavy atom. The standard InChI is InChI=1S/C19H17FN2O3S2/c1-25-15-6-2-4-13(10-15)19-21-17-8-9-22(12-18(17)26-19)27(23,24)16-7-3-5-14(20)11-16/h2-7,10-11H,8-9,12H2,1H3. The Hall–Kier alpha value is -2.29. The van der Waals surface area contributed by atoms with E-state index in [2.05, 4.69) is 4.98 Å². The molecule has 0 atom stereocenters. The van der Waals surface area contributed by atoms with Crippen molar-refractivity contribution in [1.29, 1.82) is 0 Å². The SMILES string of the molecule is COc1cccc(-c2nc3c(s2)CN(S(=O)(=O)c2cccc(F)c2)CC3)c1. The summed E-state index contributed by atoms with van der Waals surface area (Å²) in [6.45, 7) is 0.572. The van der Waals surface area contributed by atoms with Crippen LogP contribution in [0.25, 0.3) is 10.6 Å². The van der Waals surface area contributed by atoms with E-state index in [1.807, 2.05) is 24.3 Å². The van der Waals surface area contributed by atoms with Gasteiger partial charge in [-0.05, 0) is 30.3 Å². The Bertz CT molecular complexity index is 1100. The van der Waals surface area contributed by atoms with Crippen molar-refractivity contribution in [2.45, 2.75) is 17.9 Å². The minimum Gasteiger partial charge on any atom is -0.497 e. The summed E-state index contributed by atoms with van der Waals surface area (Å²) in [5.41, 5.74) is 1.86. The summed E-state index contributed by atoms with van der Waals surface area (Å²) in [7, 11) is -2.13. The van der Waals surface area contributed by atoms with Crippen LogP contribution in [-0.4, -0.2) is 31.4 Å². The van der Waals surface area contributed by atoms with E-state index in [1.165, 1.54) is 33.8 Å². The van der Waals surface area contributed by atoms with Crippen molar-refractivity contribution < 1.29 is 17.5 Å². The fourth-order valence-corrected chi connectivity index (χ4v) is 5.68. The van der Waals surface area contributed by atoms with Gasteiger partial charge in [-0.1, -0.05) is 18.2 Å². The van der Waals surface area contributed by atoms with Gasteiger partial charge in [-0.3, -0.25) is 0 Å². The van der Waals surface area contributed by atoms with Crippen LogP contribution in [0.1, 0.15) is 10.6 Å². The van der Waals surface area contributed by atoms with Gasteiger partial charge in [0.15, 0.2) is 0 Å². The highest BCUT2D eigenvalue weighted by Crippen LogP contribution is 2.34. The Morgan fingerprint density at radius 1 is 1.19 bits per heavy atom. The number of hydrogen-bond donors (Lipinski definition) is 0. The van der Waals surface area contributed by atoms with Crippen LogP contribution in [0.15, 0.2) is 53.4 Å². The first kappa shape index (κ1) is 18.1. The second-order valence-corrected chi connectivity index (χ2v) is 9.19. The highest BCUT2D eigenvalue weighted by Gasteiger charge is 2.30. The van der Waals surface area contributed by atoms with Crippen LogP contribution in [0.2, 0.25) is 0 Å². The third-order valence-electron chi connectivity index (χ3n) is 4.45. The van der Waals surface area contributed by atoms with Crippen LogP contribution in [0.4, 0.5) is 4.39 Å². The highest BCUT2D eigenvalue weighted by molar-refractivity contribution is 7.89. The Labute approximate surface area is 161 Å². The maximum Gasteiger partial charge on any atom is 0.243 e. The predicted molar refractivity (Wildman–Crippen MR) is 102 cm³/mol. The summed E-state index contributed by atoms with van der Waals surface area (Å²) in [6, 6.07) is 12.7. The van der Waals surface area contributed by atoms with Crippen LogP contribution in [-0.2, 0) is 23.0 Å². The number of sulfonamides is 1. The fraction of sp³-hybridized carbons (Fsp3) is 0.211. The zero-order chi connectivity index (χ0) is 19.0. The maximum atomic E-state index is 13.5. The quantitative estimate of drug-likeness (QED) is 0.665. The van der Waals surface area contributed by atoms with Crippen LogP contribution in [0, 0.1) is 5.82 Å². The molecule has 1 aliphatic heterocycles. The number of rotatable bonds is 4. The summed E-state index contributed by atoms with van der Waals surface area (Å²) in [4.78, 5) is 5.57. The Kier molecular flexibility index (Phi) is 4.71. The molecule has 0 radical (unpaired) electrons. The number of methoxy groups -OCH3 is 1. The highest BCUT2D eigenvalue weighted by atomic mass is 32.2. The summed E-state index contributed by atoms with van der Waals surface area (Å²) >= 11 is 1.48. The van der Waals surface area contributed by atoms with Gasteiger partial charge in [0.2, 0.25) is 10.0 Å². The lowest BCUT2D eigenvalue weighted by Crippen LogP contribution is -2.35. The van der Waals surface area contributed by atoms with Gasteiger partial charge in [0.25, 0.3) is 0 Å². The molecule has 5 nitrogen and oxygen atoms in total. The average Bonchev–Trinajstić information content (AvgIpc) is 3.11. The number of halogens is 1. The van der Waals surface area contributed by atoms with E-state index in [1.54, 1.807) is 7.11 Å². The van der Waals surface area contributed by atoms with Crippen molar-refractivity contribution in [2.24, 2.45) is 0 Å². The number of aromatic nitrogens is 1. The van der Waals surface area contributed by atoms with Crippen LogP contribution in [0.5, 0.6) is 5.75 Å². The third kappa shape index (κ3) is 3.47. The molecule has 0 N–H and O–H groups in total. The van der Waals surface area contributed by atoms with E-state index in [-0.39, 0.29) is 11.4 Å². The van der Waals surface area contributed by atoms with Gasteiger partial charge in [0.1, 0.15) is 16.6 Å². The number of fused-ring (bicyclic) bond motifs is 1. The van der Waals surface area contributed by atoms with Gasteiger partial charge in [-0.2, -0.15) is 4.31 Å². The molecule has 0 aliphatic carbocycles. The molecule has 2 heterocycles. The molecular formula is C19H17FN2O3S2. The van der Waals surface area contributed by atoms with E-state index in [4.69, 9.17) is 4.74 Å². The lowest BCUT2D eigenvalue weighted by molar-refractivity contribution is 0.392. The van der Waals surface area contributed by atoms with E-state index in [9.17, 15) is 12.8 Å². The topological polar surface area (TPSA) is 59.5 Å². The van der Waals surface area contributed by atoms with E-state index < -0.39 is 15.8 Å². The largest absolute Gasteiger partial charge is 0.497 e. The van der Waals surface area contributed by atoms with Crippen molar-refractivity contribution in [3.8, 4) is 16.3 Å². The first-order valence-corrected chi connectivity index (χ1v) is 10.6. The van der Waals surface area contributed by atoms with Gasteiger partial charge in [0, 0.05) is 23.4 Å². The first-order chi connectivity index (χ1) is 13.0. The van der Waals surface area contributed by atoms with Gasteiger partial charge in [0.05, 0.1) is 24.2 Å². The molecule has 0 saturated heterocycles. The zero-order valence-electron chi connectivity index (χ0n) is 14.6. The number of ether oxygens (including phenoxy) is 1. The minimum absolute atomic E-state index is 0.0246. The first-order valence-electron chi connectivity index (χ1n) is 8.36. The van der Waals surface area contributed by atoms with E-state index in [0.29, 0.717) is 13.0 Å². The lowest BCUT2D eigenvalue weighted by atomic mass is 10.2. The number of benzene rings is 2. The van der Waals surface area contributed by atoms with Crippen molar-refractivity contribution >= 4 is 21.4 Å². The van der Waals surface area contributed by atoms with Crippen LogP contribution < -0.4 is 4.74 Å². The molecule has 3 aromatic rings. The molecule has 1 aliphatic rings. The maximum absolute atomic E-state index is 13.5. The second-order valence-electron chi connectivity index (χ2n) is 6.17. The smallest absolute Gasteiger partial charge is 0.243 e. The molecule has 0 fully saturated rings. The summed E-state index contributed by atoms with van der Waals surface area (Å²) in [5, 5.41) is 0.837. The predicted octanol–water partition coefficient (Wildman–Crippen LogP) is 3.70. The molecule has 2 aromatic carbocycles. The molecule has 8 heteroatoms. The van der Waals surface area contributed by atoms with Crippen molar-refractivity contribution in [2.75, 3.05) is 13.7 Å². The molecule has 0 bridgehead atoms. The van der Waals surface area contributed by atoms with Crippen molar-refractivity contribution in [3.63, 3.8) is 0 Å². The number of thiazole rings is 1. The summed E-state index contributed by atoms with van der Waals surface area (Å²) < 4.78 is 45.8. The zero-order valence-corrected chi connectivity index (χ0v) is 16.2. The molecule has 0 saturated carbocycles. The molecular weight excluding hydrogens is 387 g/mol. The van der Waals surface area contributed by atoms with Crippen molar-refractivity contribution in [3.05, 3.63) is 64.9 Å². The molecule has 0 amide bonds. The summed E-state index contributed by atoms with van der Waals surface area (Å²) in [5.74, 6) is 0.183. The van der Waals surface area contributed by atoms with Crippen LogP contribution in [0.3, 0.4) is 0 Å². The minimum atomic E-state index is -3.74. The van der Waals surface area contributed by atoms with Gasteiger partial charge in [-0.15, -0.1) is 11.3 Å². The molecule has 0 unspecified atom stereocenters. The molecule has 27 heavy (non-hydrogen) atoms. The number of hydrogen-bond acceptors (Lipinski definition) is 5. The molecule has 140 valence electrons. The number of nitrogens with zero attached hydrogens (tertiary/aromatic N) is 2. The second kappa shape index (κ2) is 7.03. The van der Waals surface area contributed by atoms with Crippen molar-refractivity contribution in [1.82, 2.24) is 9.29 Å². The Morgan fingerprint density at radius 3 is 2.78 bits per heavy atom. The Balaban J connectivity index is 1.63. The van der Waals surface area contributed by atoms with Gasteiger partial charge in [-0.25, -0.2) is 17.8 Å². The van der Waals surface area contributed by atoms with E-state index >= 15 is 0 Å². The van der Waals surface area contributed by atoms with E-state index in [0.717, 1.165) is 33.0 Å². The van der Waals surface area contributed by atoms with Gasteiger partial charge >= 0.3 is 0 Å². The molecule has 1 aromatic heterocycles. The third-order valence-corrected chi connectivity index (χ3v) is 7.42. The monoisotopic (exact) mass is 404 g/mol. The average molecular weight is 404 g/mol.